The summed E-state index contributed by atoms with van der Waals surface area (Å²) in [6.45, 7) is 3.00. The fourth-order valence-corrected chi connectivity index (χ4v) is 3.68. The predicted molar refractivity (Wildman–Crippen MR) is 110 cm³/mol. The molecule has 0 bridgehead atoms. The number of esters is 1. The van der Waals surface area contributed by atoms with Crippen LogP contribution >= 0.6 is 11.3 Å². The van der Waals surface area contributed by atoms with Crippen molar-refractivity contribution in [1.82, 2.24) is 5.32 Å². The second-order valence-electron chi connectivity index (χ2n) is 6.46. The number of fused-ring (bicyclic) bond motifs is 1. The average Bonchev–Trinajstić information content (AvgIpc) is 3.10. The van der Waals surface area contributed by atoms with Crippen LogP contribution in [0.15, 0.2) is 42.5 Å². The number of halogens is 1. The zero-order chi connectivity index (χ0) is 21.0. The molecule has 6 nitrogen and oxygen atoms in total. The third-order valence-electron chi connectivity index (χ3n) is 4.21. The first-order chi connectivity index (χ1) is 13.8. The number of ether oxygens (including phenoxy) is 1. The Kier molecular flexibility index (Phi) is 6.23. The fourth-order valence-electron chi connectivity index (χ4n) is 2.74. The zero-order valence-corrected chi connectivity index (χ0v) is 16.7. The number of anilines is 1. The quantitative estimate of drug-likeness (QED) is 0.604. The van der Waals surface area contributed by atoms with Crippen LogP contribution in [-0.2, 0) is 14.3 Å². The number of carbonyl (C=O) groups excluding carboxylic acids is 3. The van der Waals surface area contributed by atoms with Crippen molar-refractivity contribution in [2.45, 2.75) is 13.8 Å². The number of amides is 2. The highest BCUT2D eigenvalue weighted by Gasteiger charge is 2.15. The van der Waals surface area contributed by atoms with Gasteiger partial charge in [0, 0.05) is 10.4 Å². The monoisotopic (exact) mass is 414 g/mol. The van der Waals surface area contributed by atoms with Crippen LogP contribution in [0.1, 0.15) is 20.8 Å². The second-order valence-corrected chi connectivity index (χ2v) is 7.54. The van der Waals surface area contributed by atoms with Gasteiger partial charge in [0.15, 0.2) is 6.61 Å². The van der Waals surface area contributed by atoms with Gasteiger partial charge in [-0.2, -0.15) is 0 Å². The van der Waals surface area contributed by atoms with Gasteiger partial charge in [-0.05, 0) is 54.6 Å². The van der Waals surface area contributed by atoms with Gasteiger partial charge < -0.3 is 15.4 Å². The van der Waals surface area contributed by atoms with Crippen LogP contribution in [0.5, 0.6) is 0 Å². The molecule has 0 radical (unpaired) electrons. The summed E-state index contributed by atoms with van der Waals surface area (Å²) in [5.74, 6) is -2.05. The molecule has 2 aromatic carbocycles. The molecule has 0 saturated carbocycles. The van der Waals surface area contributed by atoms with Gasteiger partial charge in [0.25, 0.3) is 5.91 Å². The molecule has 0 atom stereocenters. The highest BCUT2D eigenvalue weighted by atomic mass is 32.1. The zero-order valence-electron chi connectivity index (χ0n) is 15.9. The van der Waals surface area contributed by atoms with Crippen LogP contribution < -0.4 is 10.6 Å². The van der Waals surface area contributed by atoms with E-state index in [9.17, 15) is 18.8 Å². The van der Waals surface area contributed by atoms with Gasteiger partial charge in [0.05, 0.1) is 6.54 Å². The highest BCUT2D eigenvalue weighted by Crippen LogP contribution is 2.26. The van der Waals surface area contributed by atoms with E-state index in [1.807, 2.05) is 32.0 Å². The molecule has 29 heavy (non-hydrogen) atoms. The summed E-state index contributed by atoms with van der Waals surface area (Å²) >= 11 is 1.15. The lowest BCUT2D eigenvalue weighted by Crippen LogP contribution is -2.35. The van der Waals surface area contributed by atoms with Crippen molar-refractivity contribution >= 4 is 44.9 Å². The van der Waals surface area contributed by atoms with Crippen LogP contribution in [0.25, 0.3) is 10.1 Å². The molecule has 0 aliphatic heterocycles. The molecule has 0 unspecified atom stereocenters. The molecule has 2 N–H and O–H groups in total. The lowest BCUT2D eigenvalue weighted by molar-refractivity contribution is -0.126. The standard InChI is InChI=1S/C21H19FN2O4S/c1-12-4-3-5-13(2)20(12)24-18(25)10-23-19(26)11-28-21(27)17-9-14-8-15(22)6-7-16(14)29-17/h3-9H,10-11H2,1-2H3,(H,23,26)(H,24,25). The molecule has 1 heterocycles. The molecular weight excluding hydrogens is 395 g/mol. The lowest BCUT2D eigenvalue weighted by atomic mass is 10.1. The summed E-state index contributed by atoms with van der Waals surface area (Å²) in [5, 5.41) is 5.75. The van der Waals surface area contributed by atoms with E-state index in [2.05, 4.69) is 10.6 Å². The van der Waals surface area contributed by atoms with Gasteiger partial charge >= 0.3 is 5.97 Å². The number of carbonyl (C=O) groups is 3. The van der Waals surface area contributed by atoms with Crippen LogP contribution in [0, 0.1) is 19.7 Å². The van der Waals surface area contributed by atoms with E-state index in [1.165, 1.54) is 18.2 Å². The first-order valence-corrected chi connectivity index (χ1v) is 9.64. The Morgan fingerprint density at radius 3 is 2.48 bits per heavy atom. The smallest absolute Gasteiger partial charge is 0.348 e. The van der Waals surface area contributed by atoms with Gasteiger partial charge in [0.2, 0.25) is 5.91 Å². The molecule has 0 spiro atoms. The Labute approximate surface area is 170 Å². The van der Waals surface area contributed by atoms with E-state index in [0.29, 0.717) is 11.1 Å². The van der Waals surface area contributed by atoms with Crippen molar-refractivity contribution in [3.05, 3.63) is 64.3 Å². The Morgan fingerprint density at radius 2 is 1.76 bits per heavy atom. The van der Waals surface area contributed by atoms with E-state index in [1.54, 1.807) is 6.07 Å². The van der Waals surface area contributed by atoms with Gasteiger partial charge in [0.1, 0.15) is 10.7 Å². The Balaban J connectivity index is 1.47. The third-order valence-corrected chi connectivity index (χ3v) is 5.30. The highest BCUT2D eigenvalue weighted by molar-refractivity contribution is 7.20. The molecule has 150 valence electrons. The molecule has 0 fully saturated rings. The number of nitrogens with one attached hydrogen (secondary N) is 2. The summed E-state index contributed by atoms with van der Waals surface area (Å²) in [7, 11) is 0. The van der Waals surface area contributed by atoms with Crippen molar-refractivity contribution in [1.29, 1.82) is 0 Å². The number of aryl methyl sites for hydroxylation is 2. The van der Waals surface area contributed by atoms with E-state index < -0.39 is 24.3 Å². The van der Waals surface area contributed by atoms with Crippen LogP contribution in [-0.4, -0.2) is 30.9 Å². The molecule has 3 rings (SSSR count). The number of rotatable bonds is 6. The topological polar surface area (TPSA) is 84.5 Å². The Morgan fingerprint density at radius 1 is 1.03 bits per heavy atom. The van der Waals surface area contributed by atoms with Gasteiger partial charge in [-0.15, -0.1) is 11.3 Å². The fraction of sp³-hybridized carbons (Fsp3) is 0.190. The molecular formula is C21H19FN2O4S. The minimum Gasteiger partial charge on any atom is -0.451 e. The molecule has 0 aliphatic rings. The van der Waals surface area contributed by atoms with Crippen molar-refractivity contribution < 1.29 is 23.5 Å². The van der Waals surface area contributed by atoms with Gasteiger partial charge in [-0.3, -0.25) is 9.59 Å². The lowest BCUT2D eigenvalue weighted by Gasteiger charge is -2.12. The summed E-state index contributed by atoms with van der Waals surface area (Å²) in [5.41, 5.74) is 2.54. The molecule has 8 heteroatoms. The SMILES string of the molecule is Cc1cccc(C)c1NC(=O)CNC(=O)COC(=O)c1cc2cc(F)ccc2s1. The van der Waals surface area contributed by atoms with Gasteiger partial charge in [-0.1, -0.05) is 18.2 Å². The maximum Gasteiger partial charge on any atom is 0.348 e. The summed E-state index contributed by atoms with van der Waals surface area (Å²) < 4.78 is 18.9. The average molecular weight is 414 g/mol. The maximum atomic E-state index is 13.2. The predicted octanol–water partition coefficient (Wildman–Crippen LogP) is 3.57. The minimum absolute atomic E-state index is 0.244. The van der Waals surface area contributed by atoms with Gasteiger partial charge in [-0.25, -0.2) is 9.18 Å². The van der Waals surface area contributed by atoms with Crippen molar-refractivity contribution in [2.75, 3.05) is 18.5 Å². The number of hydrogen-bond acceptors (Lipinski definition) is 5. The summed E-state index contributed by atoms with van der Waals surface area (Å²) in [6.07, 6.45) is 0. The normalized spacial score (nSPS) is 10.6. The van der Waals surface area contributed by atoms with E-state index in [-0.39, 0.29) is 17.3 Å². The Hall–Kier alpha value is -3.26. The Bertz CT molecular complexity index is 1070. The van der Waals surface area contributed by atoms with Crippen LogP contribution in [0.3, 0.4) is 0 Å². The molecule has 0 aliphatic carbocycles. The number of para-hydroxylation sites is 1. The summed E-state index contributed by atoms with van der Waals surface area (Å²) in [6, 6.07) is 11.4. The van der Waals surface area contributed by atoms with E-state index in [0.717, 1.165) is 27.2 Å². The maximum absolute atomic E-state index is 13.2. The molecule has 0 saturated heterocycles. The van der Waals surface area contributed by atoms with Crippen LogP contribution in [0.2, 0.25) is 0 Å². The van der Waals surface area contributed by atoms with E-state index >= 15 is 0 Å². The van der Waals surface area contributed by atoms with Crippen molar-refractivity contribution in [3.8, 4) is 0 Å². The number of benzene rings is 2. The van der Waals surface area contributed by atoms with E-state index in [4.69, 9.17) is 4.74 Å². The number of hydrogen-bond donors (Lipinski definition) is 2. The second kappa shape index (κ2) is 8.83. The largest absolute Gasteiger partial charge is 0.451 e. The first-order valence-electron chi connectivity index (χ1n) is 8.82. The number of thiophene rings is 1. The third kappa shape index (κ3) is 5.17. The molecule has 3 aromatic rings. The molecule has 2 amide bonds. The molecule has 1 aromatic heterocycles. The first kappa shape index (κ1) is 20.5. The van der Waals surface area contributed by atoms with Crippen molar-refractivity contribution in [3.63, 3.8) is 0 Å². The van der Waals surface area contributed by atoms with Crippen molar-refractivity contribution in [2.24, 2.45) is 0 Å². The van der Waals surface area contributed by atoms with Crippen LogP contribution in [0.4, 0.5) is 10.1 Å². The minimum atomic E-state index is -0.679. The summed E-state index contributed by atoms with van der Waals surface area (Å²) in [4.78, 5) is 36.3.